The lowest BCUT2D eigenvalue weighted by atomic mass is 10.3. The molecule has 22 heavy (non-hydrogen) atoms. The fraction of sp³-hybridized carbons (Fsp3) is 0.118. The first kappa shape index (κ1) is 15.4. The standard InChI is InChI=1S/C17H17N3O2/c1-13(22-2)16(20-19-15-11-7-4-8-12-15)17(21)18-14-9-5-3-6-10-14/h3-12H,1-2H3,(H,18,21)/b16-13+,20-19?. The molecular weight excluding hydrogens is 278 g/mol. The molecule has 1 amide bonds. The molecule has 5 nitrogen and oxygen atoms in total. The lowest BCUT2D eigenvalue weighted by Gasteiger charge is -2.07. The van der Waals surface area contributed by atoms with E-state index in [4.69, 9.17) is 4.74 Å². The van der Waals surface area contributed by atoms with Gasteiger partial charge in [-0.15, -0.1) is 5.11 Å². The Hall–Kier alpha value is -2.95. The molecule has 0 aliphatic carbocycles. The summed E-state index contributed by atoms with van der Waals surface area (Å²) in [7, 11) is 1.49. The Balaban J connectivity index is 2.20. The van der Waals surface area contributed by atoms with Crippen LogP contribution in [0.3, 0.4) is 0 Å². The van der Waals surface area contributed by atoms with Crippen molar-refractivity contribution in [3.05, 3.63) is 72.1 Å². The second-order valence-electron chi connectivity index (χ2n) is 4.46. The van der Waals surface area contributed by atoms with Crippen LogP contribution in [0.1, 0.15) is 6.92 Å². The summed E-state index contributed by atoms with van der Waals surface area (Å²) in [5.41, 5.74) is 1.48. The van der Waals surface area contributed by atoms with Crippen molar-refractivity contribution >= 4 is 17.3 Å². The number of benzene rings is 2. The summed E-state index contributed by atoms with van der Waals surface area (Å²) in [6.07, 6.45) is 0. The van der Waals surface area contributed by atoms with E-state index in [9.17, 15) is 4.79 Å². The van der Waals surface area contributed by atoms with E-state index in [1.165, 1.54) is 7.11 Å². The first-order valence-electron chi connectivity index (χ1n) is 6.79. The average molecular weight is 295 g/mol. The van der Waals surface area contributed by atoms with Gasteiger partial charge < -0.3 is 10.1 Å². The Morgan fingerprint density at radius 1 is 1.00 bits per heavy atom. The van der Waals surface area contributed by atoms with Crippen LogP contribution >= 0.6 is 0 Å². The third-order valence-corrected chi connectivity index (χ3v) is 2.91. The molecule has 0 aliphatic heterocycles. The van der Waals surface area contributed by atoms with Gasteiger partial charge in [0, 0.05) is 5.69 Å². The molecule has 0 atom stereocenters. The number of carbonyl (C=O) groups is 1. The van der Waals surface area contributed by atoms with Gasteiger partial charge in [0.2, 0.25) is 0 Å². The maximum absolute atomic E-state index is 12.3. The molecule has 1 N–H and O–H groups in total. The van der Waals surface area contributed by atoms with E-state index >= 15 is 0 Å². The highest BCUT2D eigenvalue weighted by Crippen LogP contribution is 2.16. The van der Waals surface area contributed by atoms with Gasteiger partial charge in [0.15, 0.2) is 5.70 Å². The van der Waals surface area contributed by atoms with Gasteiger partial charge in [-0.05, 0) is 31.2 Å². The highest BCUT2D eigenvalue weighted by molar-refractivity contribution is 6.03. The average Bonchev–Trinajstić information content (AvgIpc) is 2.56. The number of rotatable bonds is 5. The second-order valence-corrected chi connectivity index (χ2v) is 4.46. The van der Waals surface area contributed by atoms with Crippen LogP contribution in [0.25, 0.3) is 0 Å². The molecule has 2 aromatic carbocycles. The molecule has 0 spiro atoms. The second kappa shape index (κ2) is 7.73. The zero-order valence-electron chi connectivity index (χ0n) is 12.5. The monoisotopic (exact) mass is 295 g/mol. The zero-order valence-corrected chi connectivity index (χ0v) is 12.5. The Morgan fingerprint density at radius 2 is 1.59 bits per heavy atom. The van der Waals surface area contributed by atoms with Crippen LogP contribution in [0.15, 0.2) is 82.3 Å². The minimum atomic E-state index is -0.370. The van der Waals surface area contributed by atoms with Crippen LogP contribution in [0.2, 0.25) is 0 Å². The quantitative estimate of drug-likeness (QED) is 0.508. The number of allylic oxidation sites excluding steroid dienone is 1. The summed E-state index contributed by atoms with van der Waals surface area (Å²) in [6, 6.07) is 18.4. The molecule has 0 saturated carbocycles. The summed E-state index contributed by atoms with van der Waals surface area (Å²) in [6.45, 7) is 1.67. The minimum Gasteiger partial charge on any atom is -0.499 e. The SMILES string of the molecule is CO/C(C)=C(/N=Nc1ccccc1)C(=O)Nc1ccccc1. The zero-order chi connectivity index (χ0) is 15.8. The maximum atomic E-state index is 12.3. The summed E-state index contributed by atoms with van der Waals surface area (Å²) in [4.78, 5) is 12.3. The van der Waals surface area contributed by atoms with Crippen LogP contribution in [0.5, 0.6) is 0 Å². The van der Waals surface area contributed by atoms with E-state index in [2.05, 4.69) is 15.5 Å². The number of hydrogen-bond acceptors (Lipinski definition) is 4. The number of nitrogens with zero attached hydrogens (tertiary/aromatic N) is 2. The molecule has 0 aliphatic rings. The van der Waals surface area contributed by atoms with E-state index in [0.717, 1.165) is 0 Å². The fourth-order valence-electron chi connectivity index (χ4n) is 1.69. The molecule has 0 fully saturated rings. The van der Waals surface area contributed by atoms with Crippen molar-refractivity contribution in [2.45, 2.75) is 6.92 Å². The molecular formula is C17H17N3O2. The summed E-state index contributed by atoms with van der Waals surface area (Å²) in [5.74, 6) is 0.0262. The van der Waals surface area contributed by atoms with Gasteiger partial charge in [-0.3, -0.25) is 4.79 Å². The van der Waals surface area contributed by atoms with Crippen LogP contribution in [0.4, 0.5) is 11.4 Å². The molecule has 0 heterocycles. The van der Waals surface area contributed by atoms with Crippen molar-refractivity contribution < 1.29 is 9.53 Å². The van der Waals surface area contributed by atoms with Crippen LogP contribution in [-0.4, -0.2) is 13.0 Å². The molecule has 0 aromatic heterocycles. The van der Waals surface area contributed by atoms with Crippen molar-refractivity contribution in [2.75, 3.05) is 12.4 Å². The first-order valence-corrected chi connectivity index (χ1v) is 6.79. The molecule has 2 aromatic rings. The molecule has 112 valence electrons. The van der Waals surface area contributed by atoms with E-state index in [1.807, 2.05) is 36.4 Å². The highest BCUT2D eigenvalue weighted by atomic mass is 16.5. The van der Waals surface area contributed by atoms with Crippen LogP contribution in [-0.2, 0) is 9.53 Å². The van der Waals surface area contributed by atoms with Gasteiger partial charge in [-0.1, -0.05) is 36.4 Å². The number of methoxy groups -OCH3 is 1. The van der Waals surface area contributed by atoms with Gasteiger partial charge in [-0.2, -0.15) is 5.11 Å². The number of amides is 1. The number of carbonyl (C=O) groups excluding carboxylic acids is 1. The van der Waals surface area contributed by atoms with E-state index in [0.29, 0.717) is 17.1 Å². The molecule has 5 heteroatoms. The minimum absolute atomic E-state index is 0.134. The molecule has 2 rings (SSSR count). The van der Waals surface area contributed by atoms with Crippen molar-refractivity contribution in [1.29, 1.82) is 0 Å². The van der Waals surface area contributed by atoms with Crippen LogP contribution < -0.4 is 5.32 Å². The van der Waals surface area contributed by atoms with Gasteiger partial charge in [-0.25, -0.2) is 0 Å². The Morgan fingerprint density at radius 3 is 2.18 bits per heavy atom. The highest BCUT2D eigenvalue weighted by Gasteiger charge is 2.14. The van der Waals surface area contributed by atoms with Crippen LogP contribution in [0, 0.1) is 0 Å². The molecule has 0 bridgehead atoms. The van der Waals surface area contributed by atoms with Crippen molar-refractivity contribution in [3.63, 3.8) is 0 Å². The lowest BCUT2D eigenvalue weighted by Crippen LogP contribution is -2.14. The predicted octanol–water partition coefficient (Wildman–Crippen LogP) is 4.29. The van der Waals surface area contributed by atoms with Gasteiger partial charge >= 0.3 is 0 Å². The largest absolute Gasteiger partial charge is 0.499 e. The number of nitrogens with one attached hydrogen (secondary N) is 1. The van der Waals surface area contributed by atoms with Gasteiger partial charge in [0.05, 0.1) is 12.8 Å². The van der Waals surface area contributed by atoms with Crippen molar-refractivity contribution in [1.82, 2.24) is 0 Å². The third kappa shape index (κ3) is 4.28. The van der Waals surface area contributed by atoms with E-state index in [-0.39, 0.29) is 11.6 Å². The first-order chi connectivity index (χ1) is 10.7. The van der Waals surface area contributed by atoms with E-state index < -0.39 is 0 Å². The molecule has 0 saturated heterocycles. The number of anilines is 1. The van der Waals surface area contributed by atoms with E-state index in [1.54, 1.807) is 31.2 Å². The van der Waals surface area contributed by atoms with Crippen molar-refractivity contribution in [2.24, 2.45) is 10.2 Å². The summed E-state index contributed by atoms with van der Waals surface area (Å²) in [5, 5.41) is 10.9. The predicted molar refractivity (Wildman–Crippen MR) is 85.7 cm³/mol. The molecule has 0 unspecified atom stereocenters. The number of para-hydroxylation sites is 1. The fourth-order valence-corrected chi connectivity index (χ4v) is 1.69. The Bertz CT molecular complexity index is 680. The third-order valence-electron chi connectivity index (χ3n) is 2.91. The Labute approximate surface area is 129 Å². The van der Waals surface area contributed by atoms with Crippen molar-refractivity contribution in [3.8, 4) is 0 Å². The Kier molecular flexibility index (Phi) is 5.43. The summed E-state index contributed by atoms with van der Waals surface area (Å²) >= 11 is 0. The number of hydrogen-bond donors (Lipinski definition) is 1. The maximum Gasteiger partial charge on any atom is 0.279 e. The topological polar surface area (TPSA) is 63.1 Å². The van der Waals surface area contributed by atoms with Gasteiger partial charge in [0.1, 0.15) is 5.76 Å². The lowest BCUT2D eigenvalue weighted by molar-refractivity contribution is -0.113. The normalized spacial score (nSPS) is 11.9. The van der Waals surface area contributed by atoms with Gasteiger partial charge in [0.25, 0.3) is 5.91 Å². The molecule has 0 radical (unpaired) electrons. The summed E-state index contributed by atoms with van der Waals surface area (Å²) < 4.78 is 5.12. The smallest absolute Gasteiger partial charge is 0.279 e. The number of azo groups is 1. The number of ether oxygens (including phenoxy) is 1.